The molecular formula is C28H34N2O7. The molecule has 37 heavy (non-hydrogen) atoms. The Labute approximate surface area is 216 Å². The fraction of sp³-hybridized carbons (Fsp3) is 0.500. The third-order valence-electron chi connectivity index (χ3n) is 6.91. The highest BCUT2D eigenvalue weighted by Gasteiger charge is 2.38. The van der Waals surface area contributed by atoms with Gasteiger partial charge in [-0.2, -0.15) is 0 Å². The summed E-state index contributed by atoms with van der Waals surface area (Å²) in [5.41, 5.74) is 1.01. The summed E-state index contributed by atoms with van der Waals surface area (Å²) >= 11 is 0. The number of cyclic esters (lactones) is 1. The van der Waals surface area contributed by atoms with Crippen LogP contribution in [0.3, 0.4) is 0 Å². The van der Waals surface area contributed by atoms with Crippen molar-refractivity contribution in [3.63, 3.8) is 0 Å². The quantitative estimate of drug-likeness (QED) is 0.538. The average molecular weight is 511 g/mol. The lowest BCUT2D eigenvalue weighted by atomic mass is 9.80. The van der Waals surface area contributed by atoms with E-state index in [-0.39, 0.29) is 41.7 Å². The van der Waals surface area contributed by atoms with E-state index in [4.69, 9.17) is 18.9 Å². The molecule has 2 heterocycles. The van der Waals surface area contributed by atoms with Gasteiger partial charge in [-0.3, -0.25) is 9.59 Å². The van der Waals surface area contributed by atoms with Crippen molar-refractivity contribution in [3.05, 3.63) is 53.9 Å². The molecule has 0 radical (unpaired) electrons. The van der Waals surface area contributed by atoms with Gasteiger partial charge in [0.25, 0.3) is 5.91 Å². The SMILES string of the molecule is COc1ccnc(C(=O)N[C@H]2COC[C@H](CC3CC3)[C@@H](Cc3ccccc3)[C@H](C)OC2=O)c1OC(C)=O. The largest absolute Gasteiger partial charge is 0.493 e. The summed E-state index contributed by atoms with van der Waals surface area (Å²) in [4.78, 5) is 42.0. The van der Waals surface area contributed by atoms with Crippen LogP contribution >= 0.6 is 0 Å². The molecule has 1 saturated carbocycles. The lowest BCUT2D eigenvalue weighted by molar-refractivity contribution is -0.154. The number of pyridine rings is 1. The van der Waals surface area contributed by atoms with Crippen LogP contribution in [0.4, 0.5) is 0 Å². The number of aromatic nitrogens is 1. The minimum atomic E-state index is -1.05. The molecule has 9 heteroatoms. The number of nitrogens with one attached hydrogen (secondary N) is 1. The normalized spacial score (nSPS) is 24.1. The second-order valence-electron chi connectivity index (χ2n) is 9.78. The molecule has 198 valence electrons. The molecule has 1 aromatic carbocycles. The molecule has 1 aromatic heterocycles. The van der Waals surface area contributed by atoms with Crippen LogP contribution in [-0.4, -0.2) is 55.3 Å². The molecule has 1 aliphatic carbocycles. The van der Waals surface area contributed by atoms with E-state index in [1.165, 1.54) is 44.7 Å². The van der Waals surface area contributed by atoms with E-state index < -0.39 is 23.9 Å². The molecule has 0 unspecified atom stereocenters. The zero-order valence-corrected chi connectivity index (χ0v) is 21.5. The van der Waals surface area contributed by atoms with Crippen LogP contribution in [0.5, 0.6) is 11.5 Å². The van der Waals surface area contributed by atoms with E-state index in [1.54, 1.807) is 0 Å². The van der Waals surface area contributed by atoms with Gasteiger partial charge in [-0.1, -0.05) is 43.2 Å². The monoisotopic (exact) mass is 510 g/mol. The van der Waals surface area contributed by atoms with Crippen molar-refractivity contribution in [2.24, 2.45) is 17.8 Å². The number of hydrogen-bond acceptors (Lipinski definition) is 8. The molecule has 1 N–H and O–H groups in total. The van der Waals surface area contributed by atoms with Crippen molar-refractivity contribution in [1.82, 2.24) is 10.3 Å². The number of amides is 1. The van der Waals surface area contributed by atoms with Crippen LogP contribution in [-0.2, 0) is 25.5 Å². The molecular weight excluding hydrogens is 476 g/mol. The van der Waals surface area contributed by atoms with Crippen molar-refractivity contribution < 1.29 is 33.3 Å². The molecule has 1 amide bonds. The molecule has 4 atom stereocenters. The van der Waals surface area contributed by atoms with Crippen LogP contribution in [0.25, 0.3) is 0 Å². The van der Waals surface area contributed by atoms with Gasteiger partial charge < -0.3 is 24.3 Å². The fourth-order valence-corrected chi connectivity index (χ4v) is 4.83. The Hall–Kier alpha value is -3.46. The molecule has 9 nitrogen and oxygen atoms in total. The third-order valence-corrected chi connectivity index (χ3v) is 6.91. The van der Waals surface area contributed by atoms with Crippen molar-refractivity contribution >= 4 is 17.8 Å². The predicted octanol–water partition coefficient (Wildman–Crippen LogP) is 3.35. The molecule has 0 spiro atoms. The maximum atomic E-state index is 13.2. The maximum absolute atomic E-state index is 13.2. The zero-order valence-electron chi connectivity index (χ0n) is 21.5. The number of methoxy groups -OCH3 is 1. The minimum absolute atomic E-state index is 0.0383. The fourth-order valence-electron chi connectivity index (χ4n) is 4.83. The standard InChI is InChI=1S/C28H34N2O7/c1-17-22(14-19-7-5-4-6-8-19)21(13-20-9-10-20)15-35-16-23(28(33)36-17)30-27(32)25-26(37-18(2)31)24(34-3)11-12-29-25/h4-8,11-12,17,20-23H,9-10,13-16H2,1-3H3,(H,30,32)/t17-,21-,22-,23-/m0/s1. The van der Waals surface area contributed by atoms with E-state index in [0.717, 1.165) is 12.8 Å². The van der Waals surface area contributed by atoms with Gasteiger partial charge in [-0.15, -0.1) is 0 Å². The van der Waals surface area contributed by atoms with Gasteiger partial charge in [0, 0.05) is 31.7 Å². The van der Waals surface area contributed by atoms with Gasteiger partial charge >= 0.3 is 11.9 Å². The van der Waals surface area contributed by atoms with Crippen LogP contribution < -0.4 is 14.8 Å². The zero-order chi connectivity index (χ0) is 26.4. The number of nitrogens with zero attached hydrogens (tertiary/aromatic N) is 1. The minimum Gasteiger partial charge on any atom is -0.493 e. The first-order valence-electron chi connectivity index (χ1n) is 12.7. The molecule has 4 rings (SSSR count). The maximum Gasteiger partial charge on any atom is 0.331 e. The summed E-state index contributed by atoms with van der Waals surface area (Å²) in [7, 11) is 1.39. The first kappa shape index (κ1) is 26.6. The summed E-state index contributed by atoms with van der Waals surface area (Å²) in [5.74, 6) is -0.879. The predicted molar refractivity (Wildman–Crippen MR) is 134 cm³/mol. The molecule has 2 aromatic rings. The number of carbonyl (C=O) groups excluding carboxylic acids is 3. The average Bonchev–Trinajstić information content (AvgIpc) is 3.69. The first-order chi connectivity index (χ1) is 17.9. The first-order valence-corrected chi connectivity index (χ1v) is 12.7. The van der Waals surface area contributed by atoms with E-state index >= 15 is 0 Å². The summed E-state index contributed by atoms with van der Waals surface area (Å²) < 4.78 is 22.3. The summed E-state index contributed by atoms with van der Waals surface area (Å²) in [6.07, 6.45) is 5.23. The summed E-state index contributed by atoms with van der Waals surface area (Å²) in [6, 6.07) is 10.6. The van der Waals surface area contributed by atoms with Gasteiger partial charge in [0.1, 0.15) is 6.10 Å². The molecule has 1 aliphatic heterocycles. The van der Waals surface area contributed by atoms with Crippen molar-refractivity contribution in [3.8, 4) is 11.5 Å². The Morgan fingerprint density at radius 2 is 1.89 bits per heavy atom. The van der Waals surface area contributed by atoms with Crippen LogP contribution in [0.1, 0.15) is 49.2 Å². The van der Waals surface area contributed by atoms with Gasteiger partial charge in [-0.05, 0) is 37.2 Å². The Bertz CT molecular complexity index is 1100. The Morgan fingerprint density at radius 3 is 2.57 bits per heavy atom. The molecule has 0 bridgehead atoms. The highest BCUT2D eigenvalue weighted by atomic mass is 16.6. The molecule has 2 fully saturated rings. The Balaban J connectivity index is 1.52. The molecule has 2 aliphatic rings. The number of rotatable bonds is 8. The summed E-state index contributed by atoms with van der Waals surface area (Å²) in [5, 5.41) is 2.65. The second-order valence-corrected chi connectivity index (χ2v) is 9.78. The number of benzene rings is 1. The Morgan fingerprint density at radius 1 is 1.14 bits per heavy atom. The highest BCUT2D eigenvalue weighted by Crippen LogP contribution is 2.40. The van der Waals surface area contributed by atoms with Gasteiger partial charge in [0.15, 0.2) is 17.5 Å². The van der Waals surface area contributed by atoms with Crippen LogP contribution in [0, 0.1) is 17.8 Å². The topological polar surface area (TPSA) is 113 Å². The number of esters is 2. The third kappa shape index (κ3) is 7.07. The number of hydrogen-bond donors (Lipinski definition) is 1. The second kappa shape index (κ2) is 12.2. The van der Waals surface area contributed by atoms with Gasteiger partial charge in [-0.25, -0.2) is 9.78 Å². The lowest BCUT2D eigenvalue weighted by Crippen LogP contribution is -2.46. The van der Waals surface area contributed by atoms with Crippen molar-refractivity contribution in [1.29, 1.82) is 0 Å². The smallest absolute Gasteiger partial charge is 0.331 e. The van der Waals surface area contributed by atoms with Crippen LogP contribution in [0.2, 0.25) is 0 Å². The van der Waals surface area contributed by atoms with E-state index in [2.05, 4.69) is 22.4 Å². The van der Waals surface area contributed by atoms with Gasteiger partial charge in [0.05, 0.1) is 13.7 Å². The van der Waals surface area contributed by atoms with Crippen LogP contribution in [0.15, 0.2) is 42.6 Å². The van der Waals surface area contributed by atoms with E-state index in [9.17, 15) is 14.4 Å². The molecule has 1 saturated heterocycles. The number of ether oxygens (including phenoxy) is 4. The number of carbonyl (C=O) groups is 3. The summed E-state index contributed by atoms with van der Waals surface area (Å²) in [6.45, 7) is 3.56. The van der Waals surface area contributed by atoms with E-state index in [1.807, 2.05) is 25.1 Å². The van der Waals surface area contributed by atoms with Gasteiger partial charge in [0.2, 0.25) is 5.75 Å². The van der Waals surface area contributed by atoms with Crippen molar-refractivity contribution in [2.45, 2.75) is 51.7 Å². The van der Waals surface area contributed by atoms with E-state index in [0.29, 0.717) is 12.5 Å². The Kier molecular flexibility index (Phi) is 8.76. The van der Waals surface area contributed by atoms with Crippen molar-refractivity contribution in [2.75, 3.05) is 20.3 Å². The highest BCUT2D eigenvalue weighted by molar-refractivity contribution is 5.98. The lowest BCUT2D eigenvalue weighted by Gasteiger charge is -2.31.